The lowest BCUT2D eigenvalue weighted by Crippen LogP contribution is -2.47. The van der Waals surface area contributed by atoms with Crippen molar-refractivity contribution < 1.29 is 14.3 Å². The van der Waals surface area contributed by atoms with Crippen LogP contribution in [0.25, 0.3) is 0 Å². The van der Waals surface area contributed by atoms with Crippen molar-refractivity contribution in [2.24, 2.45) is 0 Å². The van der Waals surface area contributed by atoms with Crippen LogP contribution < -0.4 is 30.5 Å². The van der Waals surface area contributed by atoms with E-state index >= 15 is 0 Å². The van der Waals surface area contributed by atoms with Crippen molar-refractivity contribution >= 4 is 29.0 Å². The highest BCUT2D eigenvalue weighted by atomic mass is 16.5. The van der Waals surface area contributed by atoms with Gasteiger partial charge in [0.1, 0.15) is 5.75 Å². The molecule has 0 atom stereocenters. The number of amides is 3. The number of methoxy groups -OCH3 is 1. The SMILES string of the molecule is CCNC(=O)Nc1ccc(N2CCN(c3ccccc3OC)CC2)c(C(=O)NC2CC2)c1. The average molecular weight is 438 g/mol. The summed E-state index contributed by atoms with van der Waals surface area (Å²) >= 11 is 0. The zero-order valence-corrected chi connectivity index (χ0v) is 18.7. The van der Waals surface area contributed by atoms with Crippen LogP contribution in [0.2, 0.25) is 0 Å². The summed E-state index contributed by atoms with van der Waals surface area (Å²) in [6.07, 6.45) is 2.05. The standard InChI is InChI=1S/C24H31N5O3/c1-3-25-24(31)27-18-10-11-20(19(16-18)23(30)26-17-8-9-17)28-12-14-29(15-13-28)21-6-4-5-7-22(21)32-2/h4-7,10-11,16-17H,3,8-9,12-15H2,1-2H3,(H,26,30)(H2,25,27,31). The van der Waals surface area contributed by atoms with Crippen molar-refractivity contribution in [3.05, 3.63) is 48.0 Å². The first-order chi connectivity index (χ1) is 15.6. The third-order valence-corrected chi connectivity index (χ3v) is 5.80. The molecule has 2 aliphatic rings. The molecule has 8 nitrogen and oxygen atoms in total. The Bertz CT molecular complexity index is 968. The summed E-state index contributed by atoms with van der Waals surface area (Å²) in [5.74, 6) is 0.778. The van der Waals surface area contributed by atoms with Crippen molar-refractivity contribution in [1.29, 1.82) is 0 Å². The van der Waals surface area contributed by atoms with Gasteiger partial charge in [-0.3, -0.25) is 4.79 Å². The molecule has 0 radical (unpaired) electrons. The molecule has 1 saturated heterocycles. The second kappa shape index (κ2) is 9.80. The quantitative estimate of drug-likeness (QED) is 0.620. The number of urea groups is 1. The molecule has 0 spiro atoms. The van der Waals surface area contributed by atoms with Gasteiger partial charge in [0.05, 0.1) is 18.4 Å². The van der Waals surface area contributed by atoms with Gasteiger partial charge in [0.15, 0.2) is 0 Å². The summed E-state index contributed by atoms with van der Waals surface area (Å²) in [5.41, 5.74) is 3.18. The highest BCUT2D eigenvalue weighted by Crippen LogP contribution is 2.31. The molecule has 2 fully saturated rings. The first-order valence-electron chi connectivity index (χ1n) is 11.2. The summed E-state index contributed by atoms with van der Waals surface area (Å²) in [7, 11) is 1.69. The van der Waals surface area contributed by atoms with E-state index in [1.54, 1.807) is 13.2 Å². The van der Waals surface area contributed by atoms with Gasteiger partial charge in [-0.15, -0.1) is 0 Å². The molecule has 3 amide bonds. The second-order valence-electron chi connectivity index (χ2n) is 8.11. The van der Waals surface area contributed by atoms with Gasteiger partial charge < -0.3 is 30.5 Å². The van der Waals surface area contributed by atoms with Crippen molar-refractivity contribution in [3.63, 3.8) is 0 Å². The van der Waals surface area contributed by atoms with Crippen molar-refractivity contribution in [2.45, 2.75) is 25.8 Å². The topological polar surface area (TPSA) is 85.9 Å². The highest BCUT2D eigenvalue weighted by molar-refractivity contribution is 6.02. The summed E-state index contributed by atoms with van der Waals surface area (Å²) in [4.78, 5) is 29.5. The molecule has 0 unspecified atom stereocenters. The van der Waals surface area contributed by atoms with E-state index in [1.165, 1.54) is 0 Å². The highest BCUT2D eigenvalue weighted by Gasteiger charge is 2.27. The molecule has 32 heavy (non-hydrogen) atoms. The average Bonchev–Trinajstić information content (AvgIpc) is 3.63. The molecule has 0 bridgehead atoms. The van der Waals surface area contributed by atoms with E-state index in [1.807, 2.05) is 37.3 Å². The number of nitrogens with zero attached hydrogens (tertiary/aromatic N) is 2. The minimum atomic E-state index is -0.278. The van der Waals surface area contributed by atoms with Crippen LogP contribution in [0, 0.1) is 0 Å². The smallest absolute Gasteiger partial charge is 0.319 e. The Morgan fingerprint density at radius 2 is 1.69 bits per heavy atom. The van der Waals surface area contributed by atoms with E-state index in [4.69, 9.17) is 4.74 Å². The number of carbonyl (C=O) groups is 2. The molecule has 4 rings (SSSR count). The van der Waals surface area contributed by atoms with Gasteiger partial charge in [-0.25, -0.2) is 4.79 Å². The zero-order chi connectivity index (χ0) is 22.5. The summed E-state index contributed by atoms with van der Waals surface area (Å²) in [6.45, 7) is 5.61. The van der Waals surface area contributed by atoms with Gasteiger partial charge in [-0.1, -0.05) is 12.1 Å². The van der Waals surface area contributed by atoms with Crippen molar-refractivity contribution in [2.75, 3.05) is 55.0 Å². The number of anilines is 3. The van der Waals surface area contributed by atoms with Crippen LogP contribution in [-0.2, 0) is 0 Å². The number of benzene rings is 2. The zero-order valence-electron chi connectivity index (χ0n) is 18.7. The van der Waals surface area contributed by atoms with Crippen molar-refractivity contribution in [3.8, 4) is 5.75 Å². The number of para-hydroxylation sites is 2. The number of ether oxygens (including phenoxy) is 1. The Balaban J connectivity index is 1.51. The molecule has 8 heteroatoms. The van der Waals surface area contributed by atoms with Gasteiger partial charge in [0, 0.05) is 50.1 Å². The summed E-state index contributed by atoms with van der Waals surface area (Å²) in [6, 6.07) is 13.6. The maximum Gasteiger partial charge on any atom is 0.319 e. The third kappa shape index (κ3) is 5.07. The largest absolute Gasteiger partial charge is 0.495 e. The first kappa shape index (κ1) is 21.8. The Kier molecular flexibility index (Phi) is 6.68. The predicted molar refractivity (Wildman–Crippen MR) is 127 cm³/mol. The van der Waals surface area contributed by atoms with Crippen LogP contribution in [-0.4, -0.2) is 57.8 Å². The molecule has 1 aliphatic carbocycles. The van der Waals surface area contributed by atoms with E-state index < -0.39 is 0 Å². The molecule has 3 N–H and O–H groups in total. The molecule has 170 valence electrons. The predicted octanol–water partition coefficient (Wildman–Crippen LogP) is 3.06. The molecule has 2 aromatic carbocycles. The van der Waals surface area contributed by atoms with E-state index in [0.29, 0.717) is 17.8 Å². The number of carbonyl (C=O) groups excluding carboxylic acids is 2. The molecule has 0 aromatic heterocycles. The molecule has 1 aliphatic heterocycles. The Hall–Kier alpha value is -3.42. The maximum atomic E-state index is 13.0. The minimum absolute atomic E-state index is 0.0887. The van der Waals surface area contributed by atoms with Gasteiger partial charge in [-0.2, -0.15) is 0 Å². The summed E-state index contributed by atoms with van der Waals surface area (Å²) < 4.78 is 5.52. The fourth-order valence-corrected chi connectivity index (χ4v) is 3.98. The number of nitrogens with one attached hydrogen (secondary N) is 3. The molecule has 1 saturated carbocycles. The minimum Gasteiger partial charge on any atom is -0.495 e. The van der Waals surface area contributed by atoms with Gasteiger partial charge >= 0.3 is 6.03 Å². The molecule has 2 aromatic rings. The number of piperazine rings is 1. The maximum absolute atomic E-state index is 13.0. The fourth-order valence-electron chi connectivity index (χ4n) is 3.98. The number of hydrogen-bond acceptors (Lipinski definition) is 5. The van der Waals surface area contributed by atoms with Crippen LogP contribution in [0.1, 0.15) is 30.1 Å². The lowest BCUT2D eigenvalue weighted by atomic mass is 10.1. The normalized spacial score (nSPS) is 15.8. The lowest BCUT2D eigenvalue weighted by molar-refractivity contribution is 0.0951. The van der Waals surface area contributed by atoms with Gasteiger partial charge in [0.25, 0.3) is 5.91 Å². The monoisotopic (exact) mass is 437 g/mol. The second-order valence-corrected chi connectivity index (χ2v) is 8.11. The molecule has 1 heterocycles. The van der Waals surface area contributed by atoms with Crippen LogP contribution in [0.15, 0.2) is 42.5 Å². The third-order valence-electron chi connectivity index (χ3n) is 5.80. The number of hydrogen-bond donors (Lipinski definition) is 3. The van der Waals surface area contributed by atoms with E-state index in [2.05, 4.69) is 31.8 Å². The lowest BCUT2D eigenvalue weighted by Gasteiger charge is -2.38. The van der Waals surface area contributed by atoms with Crippen LogP contribution in [0.4, 0.5) is 21.9 Å². The van der Waals surface area contributed by atoms with Crippen molar-refractivity contribution in [1.82, 2.24) is 10.6 Å². The Morgan fingerprint density at radius 3 is 2.34 bits per heavy atom. The fraction of sp³-hybridized carbons (Fsp3) is 0.417. The van der Waals surface area contributed by atoms with Crippen LogP contribution in [0.3, 0.4) is 0 Å². The molecular weight excluding hydrogens is 406 g/mol. The van der Waals surface area contributed by atoms with Gasteiger partial charge in [0.2, 0.25) is 0 Å². The summed E-state index contributed by atoms with van der Waals surface area (Å²) in [5, 5.41) is 8.61. The van der Waals surface area contributed by atoms with E-state index in [-0.39, 0.29) is 18.0 Å². The molecular formula is C24H31N5O3. The Morgan fingerprint density at radius 1 is 1.00 bits per heavy atom. The van der Waals surface area contributed by atoms with E-state index in [0.717, 1.165) is 56.1 Å². The first-order valence-corrected chi connectivity index (χ1v) is 11.2. The Labute approximate surface area is 188 Å². The number of rotatable bonds is 7. The van der Waals surface area contributed by atoms with Crippen LogP contribution in [0.5, 0.6) is 5.75 Å². The van der Waals surface area contributed by atoms with Crippen LogP contribution >= 0.6 is 0 Å². The van der Waals surface area contributed by atoms with Gasteiger partial charge in [-0.05, 0) is 50.1 Å². The van der Waals surface area contributed by atoms with E-state index in [9.17, 15) is 9.59 Å².